The van der Waals surface area contributed by atoms with Crippen LogP contribution in [0.1, 0.15) is 49.4 Å². The zero-order valence-electron chi connectivity index (χ0n) is 13.3. The van der Waals surface area contributed by atoms with Gasteiger partial charge in [-0.3, -0.25) is 11.3 Å². The van der Waals surface area contributed by atoms with Crippen LogP contribution in [-0.2, 0) is 5.41 Å². The number of hydrogen-bond donors (Lipinski definition) is 2. The summed E-state index contributed by atoms with van der Waals surface area (Å²) in [6.07, 6.45) is 2.08. The molecular formula is C19H26N2. The molecule has 0 aromatic heterocycles. The van der Waals surface area contributed by atoms with Crippen molar-refractivity contribution in [2.45, 2.75) is 45.1 Å². The minimum atomic E-state index is 0.00211. The fourth-order valence-corrected chi connectivity index (χ4v) is 3.46. The average Bonchev–Trinajstić information content (AvgIpc) is 2.55. The van der Waals surface area contributed by atoms with Crippen LogP contribution in [0.4, 0.5) is 0 Å². The summed E-state index contributed by atoms with van der Waals surface area (Å²) in [7, 11) is 0. The lowest BCUT2D eigenvalue weighted by molar-refractivity contribution is 0.276. The van der Waals surface area contributed by atoms with Gasteiger partial charge in [-0.25, -0.2) is 0 Å². The van der Waals surface area contributed by atoms with Crippen LogP contribution in [0.3, 0.4) is 0 Å². The number of rotatable bonds is 6. The first-order chi connectivity index (χ1) is 10.2. The molecule has 0 amide bonds. The maximum atomic E-state index is 6.00. The van der Waals surface area contributed by atoms with Crippen molar-refractivity contribution in [2.75, 3.05) is 0 Å². The first-order valence-corrected chi connectivity index (χ1v) is 7.76. The second-order valence-electron chi connectivity index (χ2n) is 5.69. The van der Waals surface area contributed by atoms with Gasteiger partial charge in [-0.1, -0.05) is 68.4 Å². The lowest BCUT2D eigenvalue weighted by Gasteiger charge is -2.41. The Kier molecular flexibility index (Phi) is 5.16. The fourth-order valence-electron chi connectivity index (χ4n) is 3.46. The predicted molar refractivity (Wildman–Crippen MR) is 89.9 cm³/mol. The van der Waals surface area contributed by atoms with Crippen LogP contribution in [0.5, 0.6) is 0 Å². The SMILES string of the molecule is CCC(CC)(c1ccccc1)C(NN)c1ccccc1C. The first-order valence-electron chi connectivity index (χ1n) is 7.76. The molecule has 0 aliphatic heterocycles. The molecule has 0 saturated carbocycles. The Labute approximate surface area is 128 Å². The molecule has 0 spiro atoms. The molecule has 1 atom stereocenters. The molecule has 0 heterocycles. The smallest absolute Gasteiger partial charge is 0.0558 e. The molecule has 0 saturated heterocycles. The lowest BCUT2D eigenvalue weighted by Crippen LogP contribution is -2.44. The molecule has 2 aromatic rings. The van der Waals surface area contributed by atoms with Gasteiger partial charge in [0.25, 0.3) is 0 Å². The molecule has 2 nitrogen and oxygen atoms in total. The van der Waals surface area contributed by atoms with E-state index in [1.807, 2.05) is 0 Å². The Balaban J connectivity index is 2.57. The van der Waals surface area contributed by atoms with Crippen molar-refractivity contribution < 1.29 is 0 Å². The minimum Gasteiger partial charge on any atom is -0.271 e. The third kappa shape index (κ3) is 2.87. The Morgan fingerprint density at radius 1 is 0.952 bits per heavy atom. The van der Waals surface area contributed by atoms with Gasteiger partial charge in [-0.15, -0.1) is 0 Å². The van der Waals surface area contributed by atoms with Crippen LogP contribution < -0.4 is 11.3 Å². The van der Waals surface area contributed by atoms with Gasteiger partial charge in [0.2, 0.25) is 0 Å². The number of hydrazine groups is 1. The highest BCUT2D eigenvalue weighted by molar-refractivity contribution is 5.37. The molecule has 2 heteroatoms. The third-order valence-corrected chi connectivity index (χ3v) is 4.83. The van der Waals surface area contributed by atoms with Crippen LogP contribution in [0, 0.1) is 6.92 Å². The quantitative estimate of drug-likeness (QED) is 0.614. The van der Waals surface area contributed by atoms with E-state index in [-0.39, 0.29) is 11.5 Å². The summed E-state index contributed by atoms with van der Waals surface area (Å²) in [5.74, 6) is 6.00. The van der Waals surface area contributed by atoms with E-state index in [0.29, 0.717) is 0 Å². The monoisotopic (exact) mass is 282 g/mol. The normalized spacial score (nSPS) is 13.1. The summed E-state index contributed by atoms with van der Waals surface area (Å²) in [5, 5.41) is 0. The number of hydrogen-bond acceptors (Lipinski definition) is 2. The van der Waals surface area contributed by atoms with Gasteiger partial charge in [0.05, 0.1) is 6.04 Å². The van der Waals surface area contributed by atoms with Gasteiger partial charge >= 0.3 is 0 Å². The van der Waals surface area contributed by atoms with E-state index in [4.69, 9.17) is 5.84 Å². The van der Waals surface area contributed by atoms with Gasteiger partial charge in [0.1, 0.15) is 0 Å². The van der Waals surface area contributed by atoms with Crippen molar-refractivity contribution in [3.63, 3.8) is 0 Å². The average molecular weight is 282 g/mol. The molecule has 0 aliphatic rings. The van der Waals surface area contributed by atoms with Crippen molar-refractivity contribution in [3.05, 3.63) is 71.3 Å². The molecule has 3 N–H and O–H groups in total. The van der Waals surface area contributed by atoms with E-state index in [0.717, 1.165) is 12.8 Å². The minimum absolute atomic E-state index is 0.00211. The molecule has 2 rings (SSSR count). The number of aryl methyl sites for hydroxylation is 1. The third-order valence-electron chi connectivity index (χ3n) is 4.83. The van der Waals surface area contributed by atoms with Crippen LogP contribution in [0.15, 0.2) is 54.6 Å². The van der Waals surface area contributed by atoms with E-state index in [1.54, 1.807) is 0 Å². The summed E-state index contributed by atoms with van der Waals surface area (Å²) in [6, 6.07) is 19.3. The van der Waals surface area contributed by atoms with Crippen molar-refractivity contribution >= 4 is 0 Å². The van der Waals surface area contributed by atoms with Crippen molar-refractivity contribution in [2.24, 2.45) is 5.84 Å². The van der Waals surface area contributed by atoms with Crippen LogP contribution >= 0.6 is 0 Å². The van der Waals surface area contributed by atoms with E-state index in [9.17, 15) is 0 Å². The van der Waals surface area contributed by atoms with Gasteiger partial charge in [0, 0.05) is 5.41 Å². The predicted octanol–water partition coefficient (Wildman–Crippen LogP) is 4.26. The zero-order valence-corrected chi connectivity index (χ0v) is 13.3. The summed E-state index contributed by atoms with van der Waals surface area (Å²) >= 11 is 0. The molecule has 1 unspecified atom stereocenters. The maximum absolute atomic E-state index is 6.00. The van der Waals surface area contributed by atoms with Gasteiger partial charge in [0.15, 0.2) is 0 Å². The van der Waals surface area contributed by atoms with Crippen molar-refractivity contribution in [3.8, 4) is 0 Å². The van der Waals surface area contributed by atoms with Crippen LogP contribution in [0.2, 0.25) is 0 Å². The molecule has 0 fully saturated rings. The Morgan fingerprint density at radius 2 is 1.52 bits per heavy atom. The Bertz CT molecular complexity index is 559. The first kappa shape index (κ1) is 15.7. The fraction of sp³-hybridized carbons (Fsp3) is 0.368. The highest BCUT2D eigenvalue weighted by atomic mass is 15.2. The standard InChI is InChI=1S/C19H26N2/c1-4-19(5-2,16-12-7-6-8-13-16)18(21-20)17-14-10-9-11-15(17)3/h6-14,18,21H,4-5,20H2,1-3H3. The van der Waals surface area contributed by atoms with Gasteiger partial charge < -0.3 is 0 Å². The Morgan fingerprint density at radius 3 is 2.05 bits per heavy atom. The summed E-state index contributed by atoms with van der Waals surface area (Å²) in [4.78, 5) is 0. The molecule has 0 radical (unpaired) electrons. The van der Waals surface area contributed by atoms with Crippen LogP contribution in [0.25, 0.3) is 0 Å². The van der Waals surface area contributed by atoms with E-state index in [2.05, 4.69) is 80.8 Å². The Hall–Kier alpha value is -1.64. The largest absolute Gasteiger partial charge is 0.271 e. The maximum Gasteiger partial charge on any atom is 0.0558 e. The second kappa shape index (κ2) is 6.88. The molecule has 0 aliphatic carbocycles. The van der Waals surface area contributed by atoms with E-state index >= 15 is 0 Å². The second-order valence-corrected chi connectivity index (χ2v) is 5.69. The van der Waals surface area contributed by atoms with Gasteiger partial charge in [-0.2, -0.15) is 0 Å². The van der Waals surface area contributed by atoms with Crippen LogP contribution in [-0.4, -0.2) is 0 Å². The summed E-state index contributed by atoms with van der Waals surface area (Å²) in [6.45, 7) is 6.65. The highest BCUT2D eigenvalue weighted by Gasteiger charge is 2.38. The van der Waals surface area contributed by atoms with Crippen molar-refractivity contribution in [1.29, 1.82) is 0 Å². The number of benzene rings is 2. The van der Waals surface area contributed by atoms with E-state index in [1.165, 1.54) is 16.7 Å². The molecule has 112 valence electrons. The summed E-state index contributed by atoms with van der Waals surface area (Å²) < 4.78 is 0. The molecule has 21 heavy (non-hydrogen) atoms. The topological polar surface area (TPSA) is 38.0 Å². The zero-order chi connectivity index (χ0) is 15.3. The number of nitrogens with one attached hydrogen (secondary N) is 1. The molecule has 0 bridgehead atoms. The molecular weight excluding hydrogens is 256 g/mol. The van der Waals surface area contributed by atoms with Gasteiger partial charge in [-0.05, 0) is 36.5 Å². The highest BCUT2D eigenvalue weighted by Crippen LogP contribution is 2.43. The number of nitrogens with two attached hydrogens (primary N) is 1. The van der Waals surface area contributed by atoms with E-state index < -0.39 is 0 Å². The van der Waals surface area contributed by atoms with Crippen molar-refractivity contribution in [1.82, 2.24) is 5.43 Å². The molecule has 2 aromatic carbocycles. The lowest BCUT2D eigenvalue weighted by atomic mass is 9.67. The summed E-state index contributed by atoms with van der Waals surface area (Å²) in [5.41, 5.74) is 7.02.